The number of aliphatic hydroxyl groups excluding tert-OH is 1. The molecule has 3 unspecified atom stereocenters. The van der Waals surface area contributed by atoms with Crippen LogP contribution in [0.15, 0.2) is 24.3 Å². The zero-order valence-corrected chi connectivity index (χ0v) is 43.4. The van der Waals surface area contributed by atoms with Crippen molar-refractivity contribution in [3.63, 3.8) is 0 Å². The van der Waals surface area contributed by atoms with Gasteiger partial charge in [-0.15, -0.1) is 0 Å². The van der Waals surface area contributed by atoms with Crippen molar-refractivity contribution in [1.82, 2.24) is 5.32 Å². The second kappa shape index (κ2) is 46.1. The van der Waals surface area contributed by atoms with Gasteiger partial charge in [-0.3, -0.25) is 9.36 Å². The molecule has 0 aliphatic heterocycles. The number of likely N-dealkylation sites (N-methyl/N-ethyl adjacent to an activating group) is 1. The third-order valence-electron chi connectivity index (χ3n) is 12.4. The highest BCUT2D eigenvalue weighted by Crippen LogP contribution is 2.38. The van der Waals surface area contributed by atoms with Gasteiger partial charge < -0.3 is 28.8 Å². The lowest BCUT2D eigenvalue weighted by Crippen LogP contribution is -2.45. The SMILES string of the molecule is CCCCCCCCCCCCCCCCCCCC/C=C/CC/C=C/C(O)C(COP(=O)([O-])OCC[N+](C)(C)C)NC(=O)CCCCCCCCCCCCCCCCCCC. The molecule has 63 heavy (non-hydrogen) atoms. The summed E-state index contributed by atoms with van der Waals surface area (Å²) in [6, 6.07) is -0.899. The van der Waals surface area contributed by atoms with Crippen molar-refractivity contribution >= 4 is 13.7 Å². The molecule has 0 aromatic heterocycles. The molecular formula is C54H107N2O6P. The summed E-state index contributed by atoms with van der Waals surface area (Å²) in [6.45, 7) is 4.66. The zero-order valence-electron chi connectivity index (χ0n) is 42.5. The predicted octanol–water partition coefficient (Wildman–Crippen LogP) is 15.4. The Kier molecular flexibility index (Phi) is 45.4. The minimum absolute atomic E-state index is 0.00385. The molecule has 2 N–H and O–H groups in total. The molecule has 0 fully saturated rings. The summed E-state index contributed by atoms with van der Waals surface area (Å²) >= 11 is 0. The van der Waals surface area contributed by atoms with Gasteiger partial charge in [0.2, 0.25) is 5.91 Å². The van der Waals surface area contributed by atoms with Crippen LogP contribution >= 0.6 is 7.82 Å². The van der Waals surface area contributed by atoms with E-state index >= 15 is 0 Å². The van der Waals surface area contributed by atoms with E-state index in [1.165, 1.54) is 205 Å². The number of hydrogen-bond donors (Lipinski definition) is 2. The lowest BCUT2D eigenvalue weighted by atomic mass is 10.0. The summed E-state index contributed by atoms with van der Waals surface area (Å²) in [5.41, 5.74) is 0. The summed E-state index contributed by atoms with van der Waals surface area (Å²) in [5, 5.41) is 13.8. The van der Waals surface area contributed by atoms with Gasteiger partial charge in [0, 0.05) is 6.42 Å². The van der Waals surface area contributed by atoms with Crippen LogP contribution < -0.4 is 10.2 Å². The minimum atomic E-state index is -4.60. The molecule has 0 heterocycles. The summed E-state index contributed by atoms with van der Waals surface area (Å²) in [7, 11) is 1.26. The number of carbonyl (C=O) groups is 1. The first kappa shape index (κ1) is 62.0. The highest BCUT2D eigenvalue weighted by molar-refractivity contribution is 7.45. The number of hydrogen-bond acceptors (Lipinski definition) is 6. The van der Waals surface area contributed by atoms with E-state index in [-0.39, 0.29) is 19.1 Å². The fourth-order valence-corrected chi connectivity index (χ4v) is 8.84. The van der Waals surface area contributed by atoms with Crippen LogP contribution in [0.4, 0.5) is 0 Å². The van der Waals surface area contributed by atoms with Crippen LogP contribution in [0.5, 0.6) is 0 Å². The molecule has 3 atom stereocenters. The number of nitrogens with one attached hydrogen (secondary N) is 1. The number of phosphoric acid groups is 1. The Morgan fingerprint density at radius 1 is 0.540 bits per heavy atom. The van der Waals surface area contributed by atoms with Crippen LogP contribution in [0.1, 0.15) is 264 Å². The Morgan fingerprint density at radius 3 is 1.29 bits per heavy atom. The van der Waals surface area contributed by atoms with Crippen molar-refractivity contribution in [2.24, 2.45) is 0 Å². The van der Waals surface area contributed by atoms with Crippen LogP contribution in [-0.4, -0.2) is 68.5 Å². The number of quaternary nitrogens is 1. The van der Waals surface area contributed by atoms with Crippen LogP contribution in [0, 0.1) is 0 Å². The fourth-order valence-electron chi connectivity index (χ4n) is 8.11. The molecule has 0 bridgehead atoms. The maximum atomic E-state index is 12.9. The van der Waals surface area contributed by atoms with E-state index in [4.69, 9.17) is 9.05 Å². The Morgan fingerprint density at radius 2 is 0.889 bits per heavy atom. The van der Waals surface area contributed by atoms with E-state index in [2.05, 4.69) is 31.3 Å². The lowest BCUT2D eigenvalue weighted by Gasteiger charge is -2.29. The van der Waals surface area contributed by atoms with Gasteiger partial charge in [0.1, 0.15) is 13.2 Å². The molecule has 0 aliphatic rings. The smallest absolute Gasteiger partial charge is 0.268 e. The van der Waals surface area contributed by atoms with Crippen molar-refractivity contribution in [2.45, 2.75) is 276 Å². The summed E-state index contributed by atoms with van der Waals surface area (Å²) < 4.78 is 23.3. The predicted molar refractivity (Wildman–Crippen MR) is 270 cm³/mol. The van der Waals surface area contributed by atoms with Crippen LogP contribution in [0.25, 0.3) is 0 Å². The van der Waals surface area contributed by atoms with Gasteiger partial charge in [0.25, 0.3) is 7.82 Å². The third-order valence-corrected chi connectivity index (χ3v) is 13.4. The highest BCUT2D eigenvalue weighted by Gasteiger charge is 2.23. The topological polar surface area (TPSA) is 108 Å². The van der Waals surface area contributed by atoms with Gasteiger partial charge in [-0.2, -0.15) is 0 Å². The van der Waals surface area contributed by atoms with Gasteiger partial charge in [0.15, 0.2) is 0 Å². The fraction of sp³-hybridized carbons (Fsp3) is 0.907. The number of unbranched alkanes of at least 4 members (excludes halogenated alkanes) is 35. The van der Waals surface area contributed by atoms with Crippen molar-refractivity contribution in [3.8, 4) is 0 Å². The Labute approximate surface area is 392 Å². The van der Waals surface area contributed by atoms with Gasteiger partial charge in [-0.05, 0) is 32.1 Å². The van der Waals surface area contributed by atoms with E-state index in [0.717, 1.165) is 38.5 Å². The molecule has 0 aromatic carbocycles. The quantitative estimate of drug-likeness (QED) is 0.0272. The van der Waals surface area contributed by atoms with E-state index in [1.54, 1.807) is 6.08 Å². The number of phosphoric ester groups is 1. The molecule has 8 nitrogen and oxygen atoms in total. The van der Waals surface area contributed by atoms with Crippen molar-refractivity contribution in [2.75, 3.05) is 40.9 Å². The second-order valence-corrected chi connectivity index (χ2v) is 21.3. The Hall–Kier alpha value is -1.02. The first-order valence-corrected chi connectivity index (χ1v) is 28.7. The molecule has 0 aliphatic carbocycles. The third kappa shape index (κ3) is 48.7. The molecule has 0 rings (SSSR count). The number of rotatable bonds is 50. The van der Waals surface area contributed by atoms with E-state index in [1.807, 2.05) is 27.2 Å². The first-order valence-electron chi connectivity index (χ1n) is 27.2. The monoisotopic (exact) mass is 911 g/mol. The average Bonchev–Trinajstić information content (AvgIpc) is 3.24. The van der Waals surface area contributed by atoms with Gasteiger partial charge in [-0.25, -0.2) is 0 Å². The van der Waals surface area contributed by atoms with Crippen molar-refractivity contribution in [3.05, 3.63) is 24.3 Å². The zero-order chi connectivity index (χ0) is 46.4. The number of aliphatic hydroxyl groups is 1. The van der Waals surface area contributed by atoms with E-state index < -0.39 is 20.0 Å². The maximum Gasteiger partial charge on any atom is 0.268 e. The number of nitrogens with zero attached hydrogens (tertiary/aromatic N) is 1. The highest BCUT2D eigenvalue weighted by atomic mass is 31.2. The van der Waals surface area contributed by atoms with E-state index in [9.17, 15) is 19.4 Å². The van der Waals surface area contributed by atoms with E-state index in [0.29, 0.717) is 17.4 Å². The van der Waals surface area contributed by atoms with Crippen LogP contribution in [0.3, 0.4) is 0 Å². The number of carbonyl (C=O) groups excluding carboxylic acids is 1. The van der Waals surface area contributed by atoms with Gasteiger partial charge in [0.05, 0.1) is 39.9 Å². The summed E-state index contributed by atoms with van der Waals surface area (Å²) in [5.74, 6) is -0.203. The normalized spacial score (nSPS) is 14.2. The van der Waals surface area contributed by atoms with Crippen molar-refractivity contribution < 1.29 is 32.9 Å². The molecule has 0 aromatic rings. The molecule has 9 heteroatoms. The molecular weight excluding hydrogens is 804 g/mol. The maximum absolute atomic E-state index is 12.9. The second-order valence-electron chi connectivity index (χ2n) is 19.9. The standard InChI is InChI=1S/C54H107N2O6P/c1-6-8-10-12-14-16-18-20-22-24-25-26-27-28-29-30-32-33-35-37-39-41-43-45-47-53(57)52(51-62-63(59,60)61-50-49-56(3,4)5)55-54(58)48-46-44-42-40-38-36-34-31-23-21-19-17-15-13-11-9-7-2/h37,39,45,47,52-53,57H,6-36,38,40-44,46,48-51H2,1-5H3,(H-,55,58,59,60)/b39-37+,47-45+. The summed E-state index contributed by atoms with van der Waals surface area (Å²) in [4.78, 5) is 25.4. The molecule has 0 radical (unpaired) electrons. The Bertz CT molecular complexity index is 1080. The lowest BCUT2D eigenvalue weighted by molar-refractivity contribution is -0.870. The molecule has 374 valence electrons. The number of allylic oxidation sites excluding steroid dienone is 3. The summed E-state index contributed by atoms with van der Waals surface area (Å²) in [6.07, 6.45) is 56.8. The van der Waals surface area contributed by atoms with Crippen molar-refractivity contribution in [1.29, 1.82) is 0 Å². The Balaban J connectivity index is 4.27. The molecule has 0 saturated heterocycles. The average molecular weight is 911 g/mol. The number of amides is 1. The minimum Gasteiger partial charge on any atom is -0.756 e. The first-order chi connectivity index (χ1) is 30.5. The molecule has 0 spiro atoms. The largest absolute Gasteiger partial charge is 0.756 e. The van der Waals surface area contributed by atoms with Crippen LogP contribution in [0.2, 0.25) is 0 Å². The van der Waals surface area contributed by atoms with Gasteiger partial charge in [-0.1, -0.05) is 250 Å². The molecule has 1 amide bonds. The molecule has 0 saturated carbocycles. The van der Waals surface area contributed by atoms with Crippen LogP contribution in [-0.2, 0) is 18.4 Å². The van der Waals surface area contributed by atoms with Gasteiger partial charge >= 0.3 is 0 Å².